The maximum Gasteiger partial charge on any atom is 0.0345 e. The third kappa shape index (κ3) is 1.81. The van der Waals surface area contributed by atoms with Crippen molar-refractivity contribution in [3.8, 4) is 21.6 Å². The van der Waals surface area contributed by atoms with Crippen LogP contribution in [-0.2, 0) is 5.41 Å². The SMILES string of the molecule is Cc1ccc(-c2ccc3c(c2)C(C)(C)c2ccccc2-3)s1. The van der Waals surface area contributed by atoms with E-state index < -0.39 is 0 Å². The summed E-state index contributed by atoms with van der Waals surface area (Å²) in [5.41, 5.74) is 7.12. The zero-order valence-corrected chi connectivity index (χ0v) is 13.4. The minimum Gasteiger partial charge on any atom is -0.141 e. The molecule has 1 heteroatoms. The summed E-state index contributed by atoms with van der Waals surface area (Å²) < 4.78 is 0. The molecule has 0 aliphatic heterocycles. The molecule has 0 fully saturated rings. The molecule has 104 valence electrons. The van der Waals surface area contributed by atoms with Crippen molar-refractivity contribution >= 4 is 11.3 Å². The molecule has 3 aromatic rings. The Morgan fingerprint density at radius 3 is 2.33 bits per heavy atom. The van der Waals surface area contributed by atoms with Gasteiger partial charge in [0, 0.05) is 15.2 Å². The topological polar surface area (TPSA) is 0 Å². The Balaban J connectivity index is 1.93. The molecule has 1 heterocycles. The first-order valence-electron chi connectivity index (χ1n) is 7.38. The normalized spacial score (nSPS) is 14.8. The molecule has 0 saturated carbocycles. The second-order valence-electron chi connectivity index (χ2n) is 6.34. The first kappa shape index (κ1) is 12.8. The van der Waals surface area contributed by atoms with Crippen LogP contribution in [0.4, 0.5) is 0 Å². The molecular weight excluding hydrogens is 272 g/mol. The molecule has 0 amide bonds. The first-order valence-corrected chi connectivity index (χ1v) is 8.20. The molecule has 0 saturated heterocycles. The van der Waals surface area contributed by atoms with Crippen molar-refractivity contribution in [2.45, 2.75) is 26.2 Å². The van der Waals surface area contributed by atoms with E-state index in [0.717, 1.165) is 0 Å². The van der Waals surface area contributed by atoms with Gasteiger partial charge in [-0.05, 0) is 52.9 Å². The lowest BCUT2D eigenvalue weighted by Gasteiger charge is -2.21. The van der Waals surface area contributed by atoms with Crippen molar-refractivity contribution in [1.29, 1.82) is 0 Å². The fourth-order valence-electron chi connectivity index (χ4n) is 3.45. The summed E-state index contributed by atoms with van der Waals surface area (Å²) in [6.45, 7) is 6.84. The number of aryl methyl sites for hydroxylation is 1. The molecular formula is C20H18S. The standard InChI is InChI=1S/C20H18S/c1-13-8-11-19(21-13)14-9-10-16-15-6-4-5-7-17(15)20(2,3)18(16)12-14/h4-12H,1-3H3. The van der Waals surface area contributed by atoms with Gasteiger partial charge in [-0.3, -0.25) is 0 Å². The van der Waals surface area contributed by atoms with E-state index in [-0.39, 0.29) is 5.41 Å². The zero-order chi connectivity index (χ0) is 14.6. The highest BCUT2D eigenvalue weighted by Gasteiger charge is 2.35. The lowest BCUT2D eigenvalue weighted by molar-refractivity contribution is 0.660. The van der Waals surface area contributed by atoms with Crippen LogP contribution in [0.25, 0.3) is 21.6 Å². The van der Waals surface area contributed by atoms with Crippen molar-refractivity contribution in [3.05, 3.63) is 70.6 Å². The molecule has 0 nitrogen and oxygen atoms in total. The zero-order valence-electron chi connectivity index (χ0n) is 12.6. The lowest BCUT2D eigenvalue weighted by Crippen LogP contribution is -2.14. The van der Waals surface area contributed by atoms with Gasteiger partial charge in [0.1, 0.15) is 0 Å². The second-order valence-corrected chi connectivity index (χ2v) is 7.63. The van der Waals surface area contributed by atoms with Crippen molar-refractivity contribution in [2.24, 2.45) is 0 Å². The molecule has 4 rings (SSSR count). The lowest BCUT2D eigenvalue weighted by atomic mass is 9.82. The molecule has 1 aliphatic rings. The third-order valence-corrected chi connectivity index (χ3v) is 5.66. The average Bonchev–Trinajstić information content (AvgIpc) is 3.01. The van der Waals surface area contributed by atoms with E-state index in [1.165, 1.54) is 37.6 Å². The quantitative estimate of drug-likeness (QED) is 0.513. The van der Waals surface area contributed by atoms with E-state index >= 15 is 0 Å². The van der Waals surface area contributed by atoms with Gasteiger partial charge in [-0.15, -0.1) is 11.3 Å². The van der Waals surface area contributed by atoms with Crippen LogP contribution in [0.1, 0.15) is 29.9 Å². The number of hydrogen-bond donors (Lipinski definition) is 0. The van der Waals surface area contributed by atoms with E-state index in [4.69, 9.17) is 0 Å². The maximum absolute atomic E-state index is 2.39. The molecule has 0 unspecified atom stereocenters. The van der Waals surface area contributed by atoms with E-state index in [1.807, 2.05) is 11.3 Å². The van der Waals surface area contributed by atoms with Crippen molar-refractivity contribution < 1.29 is 0 Å². The minimum atomic E-state index is 0.0915. The summed E-state index contributed by atoms with van der Waals surface area (Å²) in [7, 11) is 0. The van der Waals surface area contributed by atoms with Crippen LogP contribution in [0.2, 0.25) is 0 Å². The van der Waals surface area contributed by atoms with Crippen molar-refractivity contribution in [2.75, 3.05) is 0 Å². The Labute approximate surface area is 130 Å². The molecule has 0 atom stereocenters. The van der Waals surface area contributed by atoms with Gasteiger partial charge in [0.05, 0.1) is 0 Å². The number of rotatable bonds is 1. The Morgan fingerprint density at radius 1 is 0.810 bits per heavy atom. The van der Waals surface area contributed by atoms with E-state index in [9.17, 15) is 0 Å². The van der Waals surface area contributed by atoms with Gasteiger partial charge in [-0.2, -0.15) is 0 Å². The highest BCUT2D eigenvalue weighted by atomic mass is 32.1. The molecule has 0 N–H and O–H groups in total. The predicted octanol–water partition coefficient (Wildman–Crippen LogP) is 6.03. The van der Waals surface area contributed by atoms with Gasteiger partial charge in [0.25, 0.3) is 0 Å². The molecule has 0 bridgehead atoms. The van der Waals surface area contributed by atoms with Crippen LogP contribution in [0.15, 0.2) is 54.6 Å². The van der Waals surface area contributed by atoms with E-state index in [1.54, 1.807) is 0 Å². The van der Waals surface area contributed by atoms with Crippen molar-refractivity contribution in [3.63, 3.8) is 0 Å². The largest absolute Gasteiger partial charge is 0.141 e. The molecule has 0 radical (unpaired) electrons. The fourth-order valence-corrected chi connectivity index (χ4v) is 4.31. The maximum atomic E-state index is 2.39. The van der Waals surface area contributed by atoms with Crippen LogP contribution in [0, 0.1) is 6.92 Å². The highest BCUT2D eigenvalue weighted by molar-refractivity contribution is 7.15. The van der Waals surface area contributed by atoms with Crippen molar-refractivity contribution in [1.82, 2.24) is 0 Å². The Hall–Kier alpha value is -1.86. The number of fused-ring (bicyclic) bond motifs is 3. The summed E-state index contributed by atoms with van der Waals surface area (Å²) in [5.74, 6) is 0. The molecule has 2 aromatic carbocycles. The van der Waals surface area contributed by atoms with E-state index in [0.29, 0.717) is 0 Å². The molecule has 21 heavy (non-hydrogen) atoms. The smallest absolute Gasteiger partial charge is 0.0345 e. The van der Waals surface area contributed by atoms with Gasteiger partial charge in [0.2, 0.25) is 0 Å². The molecule has 1 aromatic heterocycles. The number of thiophene rings is 1. The summed E-state index contributed by atoms with van der Waals surface area (Å²) in [6.07, 6.45) is 0. The number of hydrogen-bond acceptors (Lipinski definition) is 1. The van der Waals surface area contributed by atoms with Gasteiger partial charge in [-0.25, -0.2) is 0 Å². The monoisotopic (exact) mass is 290 g/mol. The molecule has 1 aliphatic carbocycles. The summed E-state index contributed by atoms with van der Waals surface area (Å²) in [4.78, 5) is 2.73. The Bertz CT molecular complexity index is 837. The van der Waals surface area contributed by atoms with E-state index in [2.05, 4.69) is 75.4 Å². The van der Waals surface area contributed by atoms with Crippen LogP contribution in [-0.4, -0.2) is 0 Å². The summed E-state index contributed by atoms with van der Waals surface area (Å²) >= 11 is 1.87. The van der Waals surface area contributed by atoms with Crippen LogP contribution in [0.5, 0.6) is 0 Å². The second kappa shape index (κ2) is 4.32. The minimum absolute atomic E-state index is 0.0915. The Morgan fingerprint density at radius 2 is 1.57 bits per heavy atom. The Kier molecular flexibility index (Phi) is 2.64. The van der Waals surface area contributed by atoms with Crippen LogP contribution < -0.4 is 0 Å². The first-order chi connectivity index (χ1) is 10.1. The number of benzene rings is 2. The third-order valence-electron chi connectivity index (χ3n) is 4.61. The molecule has 0 spiro atoms. The van der Waals surface area contributed by atoms with Gasteiger partial charge in [0.15, 0.2) is 0 Å². The van der Waals surface area contributed by atoms with Gasteiger partial charge >= 0.3 is 0 Å². The van der Waals surface area contributed by atoms with Crippen LogP contribution >= 0.6 is 11.3 Å². The average molecular weight is 290 g/mol. The summed E-state index contributed by atoms with van der Waals surface area (Å²) in [5, 5.41) is 0. The fraction of sp³-hybridized carbons (Fsp3) is 0.200. The highest BCUT2D eigenvalue weighted by Crippen LogP contribution is 2.49. The predicted molar refractivity (Wildman–Crippen MR) is 92.1 cm³/mol. The van der Waals surface area contributed by atoms with Crippen LogP contribution in [0.3, 0.4) is 0 Å². The summed E-state index contributed by atoms with van der Waals surface area (Å²) in [6, 6.07) is 20.2. The van der Waals surface area contributed by atoms with Gasteiger partial charge < -0.3 is 0 Å². The van der Waals surface area contributed by atoms with Gasteiger partial charge in [-0.1, -0.05) is 50.2 Å².